The van der Waals surface area contributed by atoms with Crippen molar-refractivity contribution < 1.29 is 19.2 Å². The number of amides is 1. The number of nitro groups is 1. The predicted octanol–water partition coefficient (Wildman–Crippen LogP) is 3.16. The average Bonchev–Trinajstić information content (AvgIpc) is 3.02. The summed E-state index contributed by atoms with van der Waals surface area (Å²) in [6.07, 6.45) is -0.288. The Bertz CT molecular complexity index is 943. The van der Waals surface area contributed by atoms with E-state index in [9.17, 15) is 19.7 Å². The van der Waals surface area contributed by atoms with Crippen LogP contribution in [0.1, 0.15) is 29.8 Å². The van der Waals surface area contributed by atoms with Crippen molar-refractivity contribution in [1.29, 1.82) is 0 Å². The van der Waals surface area contributed by atoms with Crippen molar-refractivity contribution in [3.8, 4) is 0 Å². The Kier molecular flexibility index (Phi) is 5.30. The van der Waals surface area contributed by atoms with Crippen LogP contribution >= 0.6 is 0 Å². The van der Waals surface area contributed by atoms with Gasteiger partial charge in [0.1, 0.15) is 5.69 Å². The molecule has 2 aromatic rings. The molecule has 0 aliphatic carbocycles. The zero-order valence-electron chi connectivity index (χ0n) is 15.8. The number of benzene rings is 2. The van der Waals surface area contributed by atoms with Crippen LogP contribution in [0.25, 0.3) is 0 Å². The van der Waals surface area contributed by atoms with Crippen molar-refractivity contribution in [1.82, 2.24) is 0 Å². The molecule has 3 rings (SSSR count). The molecule has 0 saturated heterocycles. The molecule has 0 fully saturated rings. The summed E-state index contributed by atoms with van der Waals surface area (Å²) in [7, 11) is 1.55. The van der Waals surface area contributed by atoms with Crippen molar-refractivity contribution in [2.75, 3.05) is 17.3 Å². The van der Waals surface area contributed by atoms with Gasteiger partial charge in [-0.05, 0) is 44.0 Å². The minimum absolute atomic E-state index is 0.0141. The number of carbonyl (C=O) groups excluding carboxylic acids is 2. The first kappa shape index (κ1) is 19.3. The van der Waals surface area contributed by atoms with Gasteiger partial charge >= 0.3 is 5.97 Å². The lowest BCUT2D eigenvalue weighted by Crippen LogP contribution is -2.43. The maximum atomic E-state index is 12.9. The van der Waals surface area contributed by atoms with E-state index in [4.69, 9.17) is 4.74 Å². The van der Waals surface area contributed by atoms with Crippen LogP contribution in [0.2, 0.25) is 0 Å². The fourth-order valence-electron chi connectivity index (χ4n) is 3.40. The molecule has 0 unspecified atom stereocenters. The van der Waals surface area contributed by atoms with Gasteiger partial charge in [-0.2, -0.15) is 0 Å². The van der Waals surface area contributed by atoms with Gasteiger partial charge in [-0.15, -0.1) is 0 Å². The third-order valence-electron chi connectivity index (χ3n) is 4.78. The van der Waals surface area contributed by atoms with Crippen LogP contribution < -0.4 is 10.2 Å². The lowest BCUT2D eigenvalue weighted by molar-refractivity contribution is -0.384. The summed E-state index contributed by atoms with van der Waals surface area (Å²) in [5, 5.41) is 13.9. The van der Waals surface area contributed by atoms with E-state index in [-0.39, 0.29) is 28.9 Å². The molecule has 2 aromatic carbocycles. The summed E-state index contributed by atoms with van der Waals surface area (Å²) >= 11 is 0. The van der Waals surface area contributed by atoms with Crippen LogP contribution in [-0.4, -0.2) is 36.0 Å². The third kappa shape index (κ3) is 3.53. The van der Waals surface area contributed by atoms with Crippen LogP contribution in [0.5, 0.6) is 0 Å². The van der Waals surface area contributed by atoms with Gasteiger partial charge in [-0.1, -0.05) is 18.2 Å². The number of ether oxygens (including phenoxy) is 1. The Morgan fingerprint density at radius 1 is 1.29 bits per heavy atom. The highest BCUT2D eigenvalue weighted by Gasteiger charge is 2.34. The van der Waals surface area contributed by atoms with Gasteiger partial charge in [0.2, 0.25) is 0 Å². The van der Waals surface area contributed by atoms with E-state index in [1.54, 1.807) is 11.9 Å². The topological polar surface area (TPSA) is 102 Å². The zero-order valence-corrected chi connectivity index (χ0v) is 15.8. The number of carbonyl (C=O) groups is 2. The molecule has 8 nitrogen and oxygen atoms in total. The van der Waals surface area contributed by atoms with Crippen molar-refractivity contribution >= 4 is 28.9 Å². The highest BCUT2D eigenvalue weighted by atomic mass is 16.6. The van der Waals surface area contributed by atoms with Crippen LogP contribution in [0, 0.1) is 10.1 Å². The van der Waals surface area contributed by atoms with E-state index in [0.29, 0.717) is 0 Å². The Morgan fingerprint density at radius 2 is 2.00 bits per heavy atom. The number of nitrogens with one attached hydrogen (secondary N) is 1. The largest absolute Gasteiger partial charge is 0.449 e. The molecule has 1 N–H and O–H groups in total. The highest BCUT2D eigenvalue weighted by Crippen LogP contribution is 2.32. The van der Waals surface area contributed by atoms with Crippen molar-refractivity contribution in [2.45, 2.75) is 32.4 Å². The number of fused-ring (bicyclic) bond motifs is 1. The lowest BCUT2D eigenvalue weighted by Gasteiger charge is -2.25. The van der Waals surface area contributed by atoms with Gasteiger partial charge in [0.05, 0.1) is 10.5 Å². The second-order valence-electron chi connectivity index (χ2n) is 6.68. The molecule has 0 saturated carbocycles. The van der Waals surface area contributed by atoms with Gasteiger partial charge in [0.15, 0.2) is 6.10 Å². The summed E-state index contributed by atoms with van der Waals surface area (Å²) in [4.78, 5) is 37.6. The highest BCUT2D eigenvalue weighted by molar-refractivity contribution is 6.01. The van der Waals surface area contributed by atoms with E-state index in [1.165, 1.54) is 19.1 Å². The fraction of sp³-hybridized carbons (Fsp3) is 0.300. The minimum Gasteiger partial charge on any atom is -0.449 e. The average molecular weight is 383 g/mol. The molecule has 0 bridgehead atoms. The number of anilines is 2. The summed E-state index contributed by atoms with van der Waals surface area (Å²) < 4.78 is 5.31. The van der Waals surface area contributed by atoms with E-state index in [0.717, 1.165) is 23.7 Å². The number of nitrogens with zero attached hydrogens (tertiary/aromatic N) is 2. The molecule has 0 aromatic heterocycles. The van der Waals surface area contributed by atoms with Gasteiger partial charge < -0.3 is 15.0 Å². The summed E-state index contributed by atoms with van der Waals surface area (Å²) in [5.41, 5.74) is 1.95. The third-order valence-corrected chi connectivity index (χ3v) is 4.78. The zero-order chi connectivity index (χ0) is 20.4. The number of rotatable bonds is 5. The first-order valence-corrected chi connectivity index (χ1v) is 8.91. The molecule has 1 aliphatic rings. The van der Waals surface area contributed by atoms with Crippen LogP contribution in [-0.2, 0) is 16.0 Å². The molecular weight excluding hydrogens is 362 g/mol. The standard InChI is InChI=1S/C20H21N3O5/c1-12-10-14-6-4-5-7-17(14)22(12)19(24)13(2)28-20(25)15-8-9-16(21-3)18(11-15)23(26)27/h4-9,11-13,21H,10H2,1-3H3/t12-,13+/m0/s1. The van der Waals surface area contributed by atoms with Gasteiger partial charge in [-0.25, -0.2) is 4.79 Å². The van der Waals surface area contributed by atoms with Crippen LogP contribution in [0.3, 0.4) is 0 Å². The molecule has 1 aliphatic heterocycles. The monoisotopic (exact) mass is 383 g/mol. The Balaban J connectivity index is 1.77. The maximum Gasteiger partial charge on any atom is 0.339 e. The van der Waals surface area contributed by atoms with Crippen molar-refractivity contribution in [2.24, 2.45) is 0 Å². The number of esters is 1. The Hall–Kier alpha value is -3.42. The van der Waals surface area contributed by atoms with Gasteiger partial charge in [-0.3, -0.25) is 14.9 Å². The Morgan fingerprint density at radius 3 is 2.68 bits per heavy atom. The second-order valence-corrected chi connectivity index (χ2v) is 6.68. The van der Waals surface area contributed by atoms with E-state index < -0.39 is 17.0 Å². The van der Waals surface area contributed by atoms with E-state index in [2.05, 4.69) is 5.32 Å². The van der Waals surface area contributed by atoms with Crippen LogP contribution in [0.4, 0.5) is 17.1 Å². The molecule has 2 atom stereocenters. The maximum absolute atomic E-state index is 12.9. The summed E-state index contributed by atoms with van der Waals surface area (Å²) in [6, 6.07) is 11.6. The van der Waals surface area contributed by atoms with Gasteiger partial charge in [0, 0.05) is 24.8 Å². The lowest BCUT2D eigenvalue weighted by atomic mass is 10.1. The number of para-hydroxylation sites is 1. The first-order chi connectivity index (χ1) is 13.3. The molecule has 146 valence electrons. The first-order valence-electron chi connectivity index (χ1n) is 8.91. The fourth-order valence-corrected chi connectivity index (χ4v) is 3.40. The summed E-state index contributed by atoms with van der Waals surface area (Å²) in [5.74, 6) is -1.11. The minimum atomic E-state index is -1.02. The van der Waals surface area contributed by atoms with Gasteiger partial charge in [0.25, 0.3) is 11.6 Å². The number of hydrogen-bond acceptors (Lipinski definition) is 6. The van der Waals surface area contributed by atoms with Crippen LogP contribution in [0.15, 0.2) is 42.5 Å². The quantitative estimate of drug-likeness (QED) is 0.483. The second kappa shape index (κ2) is 7.67. The molecule has 1 heterocycles. The molecule has 0 spiro atoms. The molecule has 8 heteroatoms. The van der Waals surface area contributed by atoms with E-state index in [1.807, 2.05) is 31.2 Å². The smallest absolute Gasteiger partial charge is 0.339 e. The van der Waals surface area contributed by atoms with Crippen molar-refractivity contribution in [3.63, 3.8) is 0 Å². The Labute approximate surface area is 162 Å². The molecular formula is C20H21N3O5. The van der Waals surface area contributed by atoms with E-state index >= 15 is 0 Å². The molecule has 28 heavy (non-hydrogen) atoms. The van der Waals surface area contributed by atoms with Crippen molar-refractivity contribution in [3.05, 3.63) is 63.7 Å². The number of hydrogen-bond donors (Lipinski definition) is 1. The predicted molar refractivity (Wildman–Crippen MR) is 105 cm³/mol. The SMILES string of the molecule is CNc1ccc(C(=O)O[C@H](C)C(=O)N2c3ccccc3C[C@@H]2C)cc1[N+](=O)[O-]. The number of nitro benzene ring substituents is 1. The normalized spacial score (nSPS) is 16.2. The molecule has 0 radical (unpaired) electrons. The molecule has 1 amide bonds. The summed E-state index contributed by atoms with van der Waals surface area (Å²) in [6.45, 7) is 3.44.